The number of unbranched alkanes of at least 4 members (excludes halogenated alkanes) is 3. The molecule has 2 N–H and O–H groups in total. The van der Waals surface area contributed by atoms with Gasteiger partial charge in [-0.15, -0.1) is 0 Å². The van der Waals surface area contributed by atoms with Crippen LogP contribution in [0.1, 0.15) is 31.2 Å². The van der Waals surface area contributed by atoms with Crippen LogP contribution in [0.2, 0.25) is 0 Å². The second-order valence-corrected chi connectivity index (χ2v) is 4.54. The van der Waals surface area contributed by atoms with Gasteiger partial charge < -0.3 is 15.2 Å². The van der Waals surface area contributed by atoms with Gasteiger partial charge in [-0.25, -0.2) is 0 Å². The summed E-state index contributed by atoms with van der Waals surface area (Å²) in [7, 11) is 1.62. The highest BCUT2D eigenvalue weighted by Crippen LogP contribution is 2.12. The van der Waals surface area contributed by atoms with E-state index in [9.17, 15) is 4.79 Å². The molecule has 0 heterocycles. The predicted molar refractivity (Wildman–Crippen MR) is 80.6 cm³/mol. The van der Waals surface area contributed by atoms with Crippen molar-refractivity contribution in [1.29, 1.82) is 0 Å². The molecule has 0 fully saturated rings. The third-order valence-electron chi connectivity index (χ3n) is 2.93. The second-order valence-electron chi connectivity index (χ2n) is 4.54. The van der Waals surface area contributed by atoms with Gasteiger partial charge in [0.2, 0.25) is 5.91 Å². The first kappa shape index (κ1) is 16.2. The lowest BCUT2D eigenvalue weighted by atomic mass is 10.2. The van der Waals surface area contributed by atoms with Gasteiger partial charge in [0.05, 0.1) is 7.11 Å². The lowest BCUT2D eigenvalue weighted by molar-refractivity contribution is -0.116. The molecule has 1 aromatic rings. The zero-order chi connectivity index (χ0) is 14.6. The van der Waals surface area contributed by atoms with Crippen molar-refractivity contribution in [1.82, 2.24) is 5.32 Å². The highest BCUT2D eigenvalue weighted by Gasteiger charge is 1.96. The largest absolute Gasteiger partial charge is 0.497 e. The molecule has 110 valence electrons. The monoisotopic (exact) mass is 277 g/mol. The van der Waals surface area contributed by atoms with Gasteiger partial charge in [0.25, 0.3) is 0 Å². The molecule has 0 bridgehead atoms. The molecule has 0 aromatic heterocycles. The van der Waals surface area contributed by atoms with E-state index < -0.39 is 0 Å². The number of hydrogen-bond donors (Lipinski definition) is 2. The Balaban J connectivity index is 2.22. The summed E-state index contributed by atoms with van der Waals surface area (Å²) < 4.78 is 5.07. The molecule has 0 saturated heterocycles. The van der Waals surface area contributed by atoms with Crippen molar-refractivity contribution in [2.75, 3.05) is 20.3 Å². The van der Waals surface area contributed by atoms with E-state index in [0.29, 0.717) is 6.54 Å². The molecule has 1 rings (SSSR count). The number of methoxy groups -OCH3 is 1. The van der Waals surface area contributed by atoms with Crippen LogP contribution in [0, 0.1) is 0 Å². The average Bonchev–Trinajstić information content (AvgIpc) is 2.49. The summed E-state index contributed by atoms with van der Waals surface area (Å²) in [5.41, 5.74) is 0.962. The molecule has 1 aromatic carbocycles. The lowest BCUT2D eigenvalue weighted by Crippen LogP contribution is -2.21. The average molecular weight is 277 g/mol. The molecule has 0 aliphatic rings. The molecule has 4 nitrogen and oxygen atoms in total. The van der Waals surface area contributed by atoms with Crippen molar-refractivity contribution >= 4 is 12.0 Å². The Morgan fingerprint density at radius 2 is 1.90 bits per heavy atom. The summed E-state index contributed by atoms with van der Waals surface area (Å²) in [6, 6.07) is 7.52. The van der Waals surface area contributed by atoms with Gasteiger partial charge >= 0.3 is 0 Å². The van der Waals surface area contributed by atoms with Crippen molar-refractivity contribution in [2.24, 2.45) is 0 Å². The van der Waals surface area contributed by atoms with E-state index in [4.69, 9.17) is 9.84 Å². The van der Waals surface area contributed by atoms with E-state index in [1.54, 1.807) is 13.2 Å². The number of ether oxygens (including phenoxy) is 1. The highest BCUT2D eigenvalue weighted by molar-refractivity contribution is 5.91. The topological polar surface area (TPSA) is 58.6 Å². The third kappa shape index (κ3) is 6.95. The van der Waals surface area contributed by atoms with Crippen LogP contribution in [-0.4, -0.2) is 31.3 Å². The predicted octanol–water partition coefficient (Wildman–Crippen LogP) is 2.38. The van der Waals surface area contributed by atoms with Gasteiger partial charge in [0, 0.05) is 19.2 Å². The van der Waals surface area contributed by atoms with Crippen LogP contribution >= 0.6 is 0 Å². The summed E-state index contributed by atoms with van der Waals surface area (Å²) in [5.74, 6) is 0.720. The normalized spacial score (nSPS) is 10.7. The van der Waals surface area contributed by atoms with E-state index in [1.165, 1.54) is 6.08 Å². The minimum atomic E-state index is -0.0806. The number of benzene rings is 1. The number of carbonyl (C=O) groups excluding carboxylic acids is 1. The Bertz CT molecular complexity index is 412. The zero-order valence-corrected chi connectivity index (χ0v) is 12.0. The maximum Gasteiger partial charge on any atom is 0.243 e. The molecule has 4 heteroatoms. The van der Waals surface area contributed by atoms with Crippen LogP contribution < -0.4 is 10.1 Å². The summed E-state index contributed by atoms with van der Waals surface area (Å²) in [6.45, 7) is 0.925. The fourth-order valence-electron chi connectivity index (χ4n) is 1.75. The van der Waals surface area contributed by atoms with Crippen molar-refractivity contribution in [3.8, 4) is 5.75 Å². The quantitative estimate of drug-likeness (QED) is 0.538. The molecule has 0 saturated carbocycles. The SMILES string of the molecule is COc1ccc(/C=C/C(=O)NCCCCCCO)cc1. The summed E-state index contributed by atoms with van der Waals surface area (Å²) in [6.07, 6.45) is 7.14. The van der Waals surface area contributed by atoms with Crippen molar-refractivity contribution in [3.63, 3.8) is 0 Å². The number of carbonyl (C=O) groups is 1. The van der Waals surface area contributed by atoms with Crippen molar-refractivity contribution in [3.05, 3.63) is 35.9 Å². The fourth-order valence-corrected chi connectivity index (χ4v) is 1.75. The third-order valence-corrected chi connectivity index (χ3v) is 2.93. The van der Waals surface area contributed by atoms with Crippen LogP contribution in [-0.2, 0) is 4.79 Å². The van der Waals surface area contributed by atoms with Gasteiger partial charge in [-0.1, -0.05) is 25.0 Å². The first-order valence-electron chi connectivity index (χ1n) is 6.97. The number of hydrogen-bond acceptors (Lipinski definition) is 3. The molecule has 0 atom stereocenters. The number of amides is 1. The van der Waals surface area contributed by atoms with Gasteiger partial charge in [-0.05, 0) is 36.6 Å². The van der Waals surface area contributed by atoms with Crippen LogP contribution in [0.25, 0.3) is 6.08 Å². The maximum atomic E-state index is 11.6. The van der Waals surface area contributed by atoms with E-state index in [2.05, 4.69) is 5.32 Å². The van der Waals surface area contributed by atoms with E-state index in [-0.39, 0.29) is 12.5 Å². The minimum Gasteiger partial charge on any atom is -0.497 e. The van der Waals surface area contributed by atoms with Crippen LogP contribution in [0.4, 0.5) is 0 Å². The summed E-state index contributed by atoms with van der Waals surface area (Å²) in [5, 5.41) is 11.5. The smallest absolute Gasteiger partial charge is 0.243 e. The van der Waals surface area contributed by atoms with E-state index in [0.717, 1.165) is 37.0 Å². The van der Waals surface area contributed by atoms with E-state index in [1.807, 2.05) is 24.3 Å². The fraction of sp³-hybridized carbons (Fsp3) is 0.438. The lowest BCUT2D eigenvalue weighted by Gasteiger charge is -2.02. The Labute approximate surface area is 120 Å². The molecule has 0 radical (unpaired) electrons. The van der Waals surface area contributed by atoms with Gasteiger partial charge in [0.1, 0.15) is 5.75 Å². The first-order valence-corrected chi connectivity index (χ1v) is 6.97. The van der Waals surface area contributed by atoms with Gasteiger partial charge in [-0.3, -0.25) is 4.79 Å². The first-order chi connectivity index (χ1) is 9.76. The Hall–Kier alpha value is -1.81. The molecule has 0 aliphatic heterocycles. The van der Waals surface area contributed by atoms with Gasteiger partial charge in [0.15, 0.2) is 0 Å². The second kappa shape index (κ2) is 10.0. The number of aliphatic hydroxyl groups excluding tert-OH is 1. The standard InChI is InChI=1S/C16H23NO3/c1-20-15-9-6-14(7-10-15)8-11-16(19)17-12-4-2-3-5-13-18/h6-11,18H,2-5,12-13H2,1H3,(H,17,19)/b11-8+. The van der Waals surface area contributed by atoms with Crippen LogP contribution in [0.3, 0.4) is 0 Å². The number of aliphatic hydroxyl groups is 1. The Morgan fingerprint density at radius 1 is 1.20 bits per heavy atom. The Morgan fingerprint density at radius 3 is 2.55 bits per heavy atom. The molecular weight excluding hydrogens is 254 g/mol. The number of nitrogens with one attached hydrogen (secondary N) is 1. The van der Waals surface area contributed by atoms with E-state index >= 15 is 0 Å². The molecule has 0 aliphatic carbocycles. The molecular formula is C16H23NO3. The minimum absolute atomic E-state index is 0.0806. The molecule has 20 heavy (non-hydrogen) atoms. The summed E-state index contributed by atoms with van der Waals surface area (Å²) >= 11 is 0. The molecule has 0 unspecified atom stereocenters. The Kier molecular flexibility index (Phi) is 8.15. The van der Waals surface area contributed by atoms with Gasteiger partial charge in [-0.2, -0.15) is 0 Å². The molecule has 1 amide bonds. The highest BCUT2D eigenvalue weighted by atomic mass is 16.5. The zero-order valence-electron chi connectivity index (χ0n) is 12.0. The maximum absolute atomic E-state index is 11.6. The number of rotatable bonds is 9. The van der Waals surface area contributed by atoms with Crippen molar-refractivity contribution < 1.29 is 14.6 Å². The van der Waals surface area contributed by atoms with Crippen LogP contribution in [0.15, 0.2) is 30.3 Å². The van der Waals surface area contributed by atoms with Crippen LogP contribution in [0.5, 0.6) is 5.75 Å². The van der Waals surface area contributed by atoms with Crippen molar-refractivity contribution in [2.45, 2.75) is 25.7 Å². The molecule has 0 spiro atoms. The summed E-state index contributed by atoms with van der Waals surface area (Å²) in [4.78, 5) is 11.6.